The normalized spacial score (nSPS) is 25.6. The minimum Gasteiger partial charge on any atom is -0.497 e. The summed E-state index contributed by atoms with van der Waals surface area (Å²) in [7, 11) is 3.84. The van der Waals surface area contributed by atoms with E-state index in [1.807, 2.05) is 12.1 Å². The second-order valence-electron chi connectivity index (χ2n) is 6.15. The molecule has 3 unspecified atom stereocenters. The monoisotopic (exact) mass is 286 g/mol. The Morgan fingerprint density at radius 2 is 2.00 bits per heavy atom. The molecule has 0 N–H and O–H groups in total. The van der Waals surface area contributed by atoms with Gasteiger partial charge in [0.1, 0.15) is 5.75 Å². The molecule has 0 saturated heterocycles. The Kier molecular flexibility index (Phi) is 5.64. The van der Waals surface area contributed by atoms with Crippen LogP contribution in [-0.4, -0.2) is 25.1 Å². The second kappa shape index (κ2) is 7.47. The lowest BCUT2D eigenvalue weighted by Gasteiger charge is -2.38. The molecule has 0 heterocycles. The molecule has 3 heteroatoms. The standard InChI is InChI=1S/C18H26N2O/c1-4-14-5-8-16(12-19)18(11-14)20(2)13-15-6-9-17(21-3)10-7-15/h6-7,9-10,14,16,18H,4-5,8,11,13H2,1-3H3. The van der Waals surface area contributed by atoms with Gasteiger partial charge in [-0.05, 0) is 49.9 Å². The number of methoxy groups -OCH3 is 1. The summed E-state index contributed by atoms with van der Waals surface area (Å²) in [5, 5.41) is 9.41. The van der Waals surface area contributed by atoms with Crippen LogP contribution < -0.4 is 4.74 Å². The molecule has 1 saturated carbocycles. The summed E-state index contributed by atoms with van der Waals surface area (Å²) in [6.07, 6.45) is 4.64. The molecule has 2 rings (SSSR count). The zero-order valence-corrected chi connectivity index (χ0v) is 13.4. The third-order valence-electron chi connectivity index (χ3n) is 4.83. The smallest absolute Gasteiger partial charge is 0.118 e. The van der Waals surface area contributed by atoms with Gasteiger partial charge in [-0.25, -0.2) is 0 Å². The highest BCUT2D eigenvalue weighted by Gasteiger charge is 2.32. The van der Waals surface area contributed by atoms with Crippen molar-refractivity contribution >= 4 is 0 Å². The molecule has 1 aliphatic rings. The van der Waals surface area contributed by atoms with Crippen LogP contribution in [0.1, 0.15) is 38.2 Å². The first-order chi connectivity index (χ1) is 10.2. The molecule has 3 atom stereocenters. The maximum Gasteiger partial charge on any atom is 0.118 e. The average molecular weight is 286 g/mol. The van der Waals surface area contributed by atoms with Gasteiger partial charge in [-0.2, -0.15) is 5.26 Å². The van der Waals surface area contributed by atoms with Crippen molar-refractivity contribution in [1.82, 2.24) is 4.90 Å². The van der Waals surface area contributed by atoms with Crippen LogP contribution >= 0.6 is 0 Å². The number of benzene rings is 1. The molecule has 1 aromatic rings. The summed E-state index contributed by atoms with van der Waals surface area (Å²) in [6.45, 7) is 3.15. The topological polar surface area (TPSA) is 36.3 Å². The molecule has 0 aliphatic heterocycles. The molecule has 21 heavy (non-hydrogen) atoms. The summed E-state index contributed by atoms with van der Waals surface area (Å²) < 4.78 is 5.20. The summed E-state index contributed by atoms with van der Waals surface area (Å²) in [6, 6.07) is 11.1. The first-order valence-electron chi connectivity index (χ1n) is 7.90. The number of hydrogen-bond acceptors (Lipinski definition) is 3. The van der Waals surface area contributed by atoms with Crippen LogP contribution in [0.15, 0.2) is 24.3 Å². The zero-order chi connectivity index (χ0) is 15.2. The summed E-state index contributed by atoms with van der Waals surface area (Å²) >= 11 is 0. The molecule has 0 aromatic heterocycles. The minimum atomic E-state index is 0.177. The van der Waals surface area contributed by atoms with E-state index < -0.39 is 0 Å². The van der Waals surface area contributed by atoms with E-state index in [-0.39, 0.29) is 5.92 Å². The van der Waals surface area contributed by atoms with Crippen molar-refractivity contribution in [3.63, 3.8) is 0 Å². The lowest BCUT2D eigenvalue weighted by Crippen LogP contribution is -2.41. The number of rotatable bonds is 5. The van der Waals surface area contributed by atoms with Crippen LogP contribution in [0.5, 0.6) is 5.75 Å². The molecule has 1 aromatic carbocycles. The van der Waals surface area contributed by atoms with Crippen LogP contribution in [0.4, 0.5) is 0 Å². The van der Waals surface area contributed by atoms with E-state index in [9.17, 15) is 5.26 Å². The number of nitrogens with zero attached hydrogens (tertiary/aromatic N) is 2. The van der Waals surface area contributed by atoms with Gasteiger partial charge in [0.15, 0.2) is 0 Å². The van der Waals surface area contributed by atoms with E-state index in [1.54, 1.807) is 7.11 Å². The largest absolute Gasteiger partial charge is 0.497 e. The molecule has 0 radical (unpaired) electrons. The predicted octanol–water partition coefficient (Wildman–Crippen LogP) is 3.85. The molecule has 0 amide bonds. The van der Waals surface area contributed by atoms with E-state index >= 15 is 0 Å². The first kappa shape index (κ1) is 15.9. The molecule has 0 spiro atoms. The Labute approximate surface area is 128 Å². The van der Waals surface area contributed by atoms with Gasteiger partial charge in [0, 0.05) is 12.6 Å². The number of nitriles is 1. The van der Waals surface area contributed by atoms with E-state index in [1.165, 1.54) is 18.4 Å². The Hall–Kier alpha value is -1.53. The van der Waals surface area contributed by atoms with E-state index in [0.29, 0.717) is 6.04 Å². The van der Waals surface area contributed by atoms with E-state index in [2.05, 4.69) is 37.1 Å². The van der Waals surface area contributed by atoms with Crippen LogP contribution in [0, 0.1) is 23.2 Å². The van der Waals surface area contributed by atoms with Crippen molar-refractivity contribution in [1.29, 1.82) is 5.26 Å². The molecule has 1 aliphatic carbocycles. The van der Waals surface area contributed by atoms with Crippen molar-refractivity contribution in [2.75, 3.05) is 14.2 Å². The van der Waals surface area contributed by atoms with Crippen LogP contribution in [0.25, 0.3) is 0 Å². The van der Waals surface area contributed by atoms with Gasteiger partial charge in [0.2, 0.25) is 0 Å². The molecular formula is C18H26N2O. The van der Waals surface area contributed by atoms with Gasteiger partial charge in [-0.15, -0.1) is 0 Å². The van der Waals surface area contributed by atoms with Gasteiger partial charge in [0.25, 0.3) is 0 Å². The minimum absolute atomic E-state index is 0.177. The van der Waals surface area contributed by atoms with E-state index in [0.717, 1.165) is 31.1 Å². The Morgan fingerprint density at radius 1 is 1.29 bits per heavy atom. The lowest BCUT2D eigenvalue weighted by atomic mass is 9.77. The number of hydrogen-bond donors (Lipinski definition) is 0. The first-order valence-corrected chi connectivity index (χ1v) is 7.90. The predicted molar refractivity (Wildman–Crippen MR) is 85.0 cm³/mol. The van der Waals surface area contributed by atoms with Gasteiger partial charge in [0.05, 0.1) is 19.1 Å². The maximum atomic E-state index is 9.41. The second-order valence-corrected chi connectivity index (χ2v) is 6.15. The fourth-order valence-electron chi connectivity index (χ4n) is 3.38. The van der Waals surface area contributed by atoms with Crippen molar-refractivity contribution < 1.29 is 4.74 Å². The Balaban J connectivity index is 2.02. The van der Waals surface area contributed by atoms with E-state index in [4.69, 9.17) is 4.74 Å². The van der Waals surface area contributed by atoms with Gasteiger partial charge < -0.3 is 4.74 Å². The zero-order valence-electron chi connectivity index (χ0n) is 13.4. The lowest BCUT2D eigenvalue weighted by molar-refractivity contribution is 0.118. The molecule has 3 nitrogen and oxygen atoms in total. The summed E-state index contributed by atoms with van der Waals surface area (Å²) in [5.41, 5.74) is 1.27. The summed E-state index contributed by atoms with van der Waals surface area (Å²) in [4.78, 5) is 2.36. The number of ether oxygens (including phenoxy) is 1. The van der Waals surface area contributed by atoms with Crippen LogP contribution in [0.3, 0.4) is 0 Å². The van der Waals surface area contributed by atoms with Crippen molar-refractivity contribution in [2.45, 2.75) is 45.2 Å². The Bertz CT molecular complexity index is 477. The SMILES string of the molecule is CCC1CCC(C#N)C(N(C)Cc2ccc(OC)cc2)C1. The van der Waals surface area contributed by atoms with Gasteiger partial charge >= 0.3 is 0 Å². The Morgan fingerprint density at radius 3 is 2.57 bits per heavy atom. The van der Waals surface area contributed by atoms with Crippen molar-refractivity contribution in [3.05, 3.63) is 29.8 Å². The third-order valence-corrected chi connectivity index (χ3v) is 4.83. The van der Waals surface area contributed by atoms with Gasteiger partial charge in [-0.3, -0.25) is 4.90 Å². The highest BCUT2D eigenvalue weighted by molar-refractivity contribution is 5.27. The highest BCUT2D eigenvalue weighted by atomic mass is 16.5. The quantitative estimate of drug-likeness (QED) is 0.825. The fraction of sp³-hybridized carbons (Fsp3) is 0.611. The highest BCUT2D eigenvalue weighted by Crippen LogP contribution is 2.33. The molecule has 0 bridgehead atoms. The molecule has 1 fully saturated rings. The summed E-state index contributed by atoms with van der Waals surface area (Å²) in [5.74, 6) is 1.84. The molecule has 114 valence electrons. The third kappa shape index (κ3) is 3.98. The fourth-order valence-corrected chi connectivity index (χ4v) is 3.38. The van der Waals surface area contributed by atoms with Crippen molar-refractivity contribution in [2.24, 2.45) is 11.8 Å². The maximum absolute atomic E-state index is 9.41. The van der Waals surface area contributed by atoms with Crippen molar-refractivity contribution in [3.8, 4) is 11.8 Å². The van der Waals surface area contributed by atoms with Crippen LogP contribution in [-0.2, 0) is 6.54 Å². The average Bonchev–Trinajstić information content (AvgIpc) is 2.54. The molecular weight excluding hydrogens is 260 g/mol. The van der Waals surface area contributed by atoms with Gasteiger partial charge in [-0.1, -0.05) is 25.5 Å². The van der Waals surface area contributed by atoms with Crippen LogP contribution in [0.2, 0.25) is 0 Å².